The molecule has 0 saturated carbocycles. The lowest BCUT2D eigenvalue weighted by Crippen LogP contribution is -2.23. The number of benzene rings is 2. The monoisotopic (exact) mass is 332 g/mol. The molecule has 0 fully saturated rings. The molecule has 2 heterocycles. The molecule has 126 valence electrons. The molecular formula is C21H20N2O2. The van der Waals surface area contributed by atoms with Crippen molar-refractivity contribution in [2.45, 2.75) is 13.3 Å². The molecule has 0 bridgehead atoms. The van der Waals surface area contributed by atoms with Crippen LogP contribution < -0.4 is 10.1 Å². The van der Waals surface area contributed by atoms with E-state index in [1.54, 1.807) is 13.2 Å². The number of aromatic nitrogens is 1. The van der Waals surface area contributed by atoms with Crippen LogP contribution in [0.2, 0.25) is 0 Å². The highest BCUT2D eigenvalue weighted by Crippen LogP contribution is 2.32. The Bertz CT molecular complexity index is 981. The Labute approximate surface area is 146 Å². The minimum atomic E-state index is 0.00610. The summed E-state index contributed by atoms with van der Waals surface area (Å²) in [6.07, 6.45) is 2.60. The van der Waals surface area contributed by atoms with Gasteiger partial charge >= 0.3 is 0 Å². The van der Waals surface area contributed by atoms with Gasteiger partial charge in [0.05, 0.1) is 18.5 Å². The molecule has 0 aliphatic carbocycles. The lowest BCUT2D eigenvalue weighted by molar-refractivity contribution is 0.104. The van der Waals surface area contributed by atoms with E-state index in [1.807, 2.05) is 43.3 Å². The molecule has 4 rings (SSSR count). The van der Waals surface area contributed by atoms with Crippen LogP contribution in [0.5, 0.6) is 5.75 Å². The molecule has 1 aliphatic heterocycles. The van der Waals surface area contributed by atoms with Crippen LogP contribution in [0.25, 0.3) is 16.6 Å². The van der Waals surface area contributed by atoms with Gasteiger partial charge in [-0.1, -0.05) is 29.8 Å². The molecule has 1 aromatic heterocycles. The maximum atomic E-state index is 12.6. The number of carbonyl (C=O) groups is 1. The fourth-order valence-corrected chi connectivity index (χ4v) is 3.31. The molecule has 0 atom stereocenters. The van der Waals surface area contributed by atoms with Crippen LogP contribution >= 0.6 is 0 Å². The summed E-state index contributed by atoms with van der Waals surface area (Å²) in [5.74, 6) is 0.848. The van der Waals surface area contributed by atoms with Crippen LogP contribution in [0, 0.1) is 6.92 Å². The van der Waals surface area contributed by atoms with Gasteiger partial charge in [-0.2, -0.15) is 0 Å². The van der Waals surface area contributed by atoms with Gasteiger partial charge < -0.3 is 15.0 Å². The van der Waals surface area contributed by atoms with Gasteiger partial charge in [0.25, 0.3) is 0 Å². The van der Waals surface area contributed by atoms with E-state index in [2.05, 4.69) is 16.4 Å². The summed E-state index contributed by atoms with van der Waals surface area (Å²) in [5.41, 5.74) is 5.98. The predicted octanol–water partition coefficient (Wildman–Crippen LogP) is 3.85. The fraction of sp³-hybridized carbons (Fsp3) is 0.190. The molecule has 25 heavy (non-hydrogen) atoms. The van der Waals surface area contributed by atoms with Gasteiger partial charge in [-0.25, -0.2) is 0 Å². The molecule has 2 N–H and O–H groups in total. The van der Waals surface area contributed by atoms with Crippen molar-refractivity contribution in [3.63, 3.8) is 0 Å². The van der Waals surface area contributed by atoms with E-state index in [0.29, 0.717) is 5.56 Å². The van der Waals surface area contributed by atoms with Crippen molar-refractivity contribution in [1.82, 2.24) is 10.3 Å². The zero-order chi connectivity index (χ0) is 17.4. The Kier molecular flexibility index (Phi) is 3.80. The Morgan fingerprint density at radius 1 is 1.16 bits per heavy atom. The number of rotatable bonds is 3. The van der Waals surface area contributed by atoms with Crippen molar-refractivity contribution < 1.29 is 9.53 Å². The molecule has 4 nitrogen and oxygen atoms in total. The topological polar surface area (TPSA) is 54.1 Å². The number of ether oxygens (including phenoxy) is 1. The highest BCUT2D eigenvalue weighted by atomic mass is 16.5. The molecule has 4 heteroatoms. The highest BCUT2D eigenvalue weighted by Gasteiger charge is 2.20. The largest absolute Gasteiger partial charge is 0.497 e. The van der Waals surface area contributed by atoms with Crippen molar-refractivity contribution in [2.75, 3.05) is 13.7 Å². The third-order valence-electron chi connectivity index (χ3n) is 4.68. The van der Waals surface area contributed by atoms with Gasteiger partial charge in [0.15, 0.2) is 5.78 Å². The van der Waals surface area contributed by atoms with E-state index >= 15 is 0 Å². The number of ketones is 1. The SMILES string of the molecule is COc1ccc2[nH]c3c(c2c1)CCN/C3=C\C(=O)c1ccc(C)cc1. The Morgan fingerprint density at radius 3 is 2.72 bits per heavy atom. The number of allylic oxidation sites excluding steroid dienone is 1. The second-order valence-electron chi connectivity index (χ2n) is 6.36. The van der Waals surface area contributed by atoms with Crippen molar-refractivity contribution in [3.05, 3.63) is 70.9 Å². The van der Waals surface area contributed by atoms with Crippen LogP contribution in [0.3, 0.4) is 0 Å². The summed E-state index contributed by atoms with van der Waals surface area (Å²) in [6.45, 7) is 2.82. The number of hydrogen-bond acceptors (Lipinski definition) is 3. The van der Waals surface area contributed by atoms with E-state index in [1.165, 1.54) is 5.56 Å². The summed E-state index contributed by atoms with van der Waals surface area (Å²) in [5, 5.41) is 4.51. The van der Waals surface area contributed by atoms with Gasteiger partial charge in [-0.3, -0.25) is 4.79 Å². The molecule has 0 amide bonds. The molecule has 3 aromatic rings. The smallest absolute Gasteiger partial charge is 0.187 e. The number of H-pyrrole nitrogens is 1. The number of nitrogens with one attached hydrogen (secondary N) is 2. The van der Waals surface area contributed by atoms with Crippen LogP contribution in [-0.2, 0) is 6.42 Å². The number of aryl methyl sites for hydroxylation is 1. The minimum absolute atomic E-state index is 0.00610. The average molecular weight is 332 g/mol. The van der Waals surface area contributed by atoms with Gasteiger partial charge in [-0.05, 0) is 37.1 Å². The number of hydrogen-bond donors (Lipinski definition) is 2. The molecule has 2 aromatic carbocycles. The second kappa shape index (κ2) is 6.13. The number of carbonyl (C=O) groups excluding carboxylic acids is 1. The first-order valence-electron chi connectivity index (χ1n) is 8.41. The van der Waals surface area contributed by atoms with Gasteiger partial charge in [-0.15, -0.1) is 0 Å². The fourth-order valence-electron chi connectivity index (χ4n) is 3.31. The van der Waals surface area contributed by atoms with Crippen LogP contribution in [0.1, 0.15) is 27.2 Å². The van der Waals surface area contributed by atoms with Crippen molar-refractivity contribution in [1.29, 1.82) is 0 Å². The van der Waals surface area contributed by atoms with Crippen LogP contribution in [0.4, 0.5) is 0 Å². The van der Waals surface area contributed by atoms with E-state index in [0.717, 1.165) is 46.6 Å². The van der Waals surface area contributed by atoms with E-state index in [9.17, 15) is 4.79 Å². The molecule has 0 radical (unpaired) electrons. The molecule has 0 saturated heterocycles. The van der Waals surface area contributed by atoms with Crippen LogP contribution in [-0.4, -0.2) is 24.4 Å². The van der Waals surface area contributed by atoms with Crippen molar-refractivity contribution in [3.8, 4) is 5.75 Å². The van der Waals surface area contributed by atoms with E-state index in [-0.39, 0.29) is 5.78 Å². The Balaban J connectivity index is 1.76. The highest BCUT2D eigenvalue weighted by molar-refractivity contribution is 6.09. The lowest BCUT2D eigenvalue weighted by Gasteiger charge is -2.18. The number of aromatic amines is 1. The Hall–Kier alpha value is -3.01. The predicted molar refractivity (Wildman–Crippen MR) is 100 cm³/mol. The summed E-state index contributed by atoms with van der Waals surface area (Å²) in [7, 11) is 1.67. The molecule has 0 unspecified atom stereocenters. The van der Waals surface area contributed by atoms with Gasteiger partial charge in [0.1, 0.15) is 5.75 Å². The average Bonchev–Trinajstić information content (AvgIpc) is 3.01. The summed E-state index contributed by atoms with van der Waals surface area (Å²) in [6, 6.07) is 13.7. The first-order chi connectivity index (χ1) is 12.2. The van der Waals surface area contributed by atoms with Crippen molar-refractivity contribution >= 4 is 22.4 Å². The van der Waals surface area contributed by atoms with Crippen molar-refractivity contribution in [2.24, 2.45) is 0 Å². The standard InChI is InChI=1S/C21H20N2O2/c1-13-3-5-14(6-4-13)20(24)12-19-21-16(9-10-22-19)17-11-15(25-2)7-8-18(17)23-21/h3-8,11-12,22-23H,9-10H2,1-2H3/b19-12-. The number of methoxy groups -OCH3 is 1. The normalized spacial score (nSPS) is 15.0. The van der Waals surface area contributed by atoms with E-state index in [4.69, 9.17) is 4.74 Å². The maximum Gasteiger partial charge on any atom is 0.187 e. The zero-order valence-electron chi connectivity index (χ0n) is 14.3. The summed E-state index contributed by atoms with van der Waals surface area (Å²) in [4.78, 5) is 16.0. The third-order valence-corrected chi connectivity index (χ3v) is 4.68. The quantitative estimate of drug-likeness (QED) is 0.566. The van der Waals surface area contributed by atoms with E-state index < -0.39 is 0 Å². The Morgan fingerprint density at radius 2 is 1.96 bits per heavy atom. The van der Waals surface area contributed by atoms with Crippen LogP contribution in [0.15, 0.2) is 48.5 Å². The lowest BCUT2D eigenvalue weighted by atomic mass is 10.0. The summed E-state index contributed by atoms with van der Waals surface area (Å²) < 4.78 is 5.34. The first kappa shape index (κ1) is 15.5. The number of fused-ring (bicyclic) bond motifs is 3. The zero-order valence-corrected chi connectivity index (χ0v) is 14.3. The molecular weight excluding hydrogens is 312 g/mol. The minimum Gasteiger partial charge on any atom is -0.497 e. The third kappa shape index (κ3) is 2.80. The first-order valence-corrected chi connectivity index (χ1v) is 8.41. The van der Waals surface area contributed by atoms with Gasteiger partial charge in [0.2, 0.25) is 0 Å². The summed E-state index contributed by atoms with van der Waals surface area (Å²) >= 11 is 0. The molecule has 0 spiro atoms. The van der Waals surface area contributed by atoms with Gasteiger partial charge in [0, 0.05) is 29.1 Å². The second-order valence-corrected chi connectivity index (χ2v) is 6.36. The molecule has 1 aliphatic rings. The maximum absolute atomic E-state index is 12.6.